The summed E-state index contributed by atoms with van der Waals surface area (Å²) < 4.78 is 10.6. The van der Waals surface area contributed by atoms with E-state index in [1.807, 2.05) is 0 Å². The summed E-state index contributed by atoms with van der Waals surface area (Å²) in [7, 11) is 3.11. The molecular formula is C19H25N3O5. The van der Waals surface area contributed by atoms with Crippen molar-refractivity contribution in [1.29, 1.82) is 0 Å². The molecule has 1 saturated carbocycles. The molecule has 0 unspecified atom stereocenters. The summed E-state index contributed by atoms with van der Waals surface area (Å²) in [5, 5.41) is 5.59. The second-order valence-electron chi connectivity index (χ2n) is 7.01. The predicted octanol–water partition coefficient (Wildman–Crippen LogP) is 1.75. The highest BCUT2D eigenvalue weighted by Gasteiger charge is 2.52. The fraction of sp³-hybridized carbons (Fsp3) is 0.526. The van der Waals surface area contributed by atoms with Gasteiger partial charge in [0.2, 0.25) is 5.91 Å². The number of ether oxygens (including phenoxy) is 2. The van der Waals surface area contributed by atoms with E-state index >= 15 is 0 Å². The molecule has 0 aromatic heterocycles. The third-order valence-corrected chi connectivity index (χ3v) is 5.29. The number of urea groups is 1. The second-order valence-corrected chi connectivity index (χ2v) is 7.01. The van der Waals surface area contributed by atoms with E-state index in [9.17, 15) is 14.4 Å². The summed E-state index contributed by atoms with van der Waals surface area (Å²) >= 11 is 0. The zero-order valence-corrected chi connectivity index (χ0v) is 15.8. The predicted molar refractivity (Wildman–Crippen MR) is 97.5 cm³/mol. The third kappa shape index (κ3) is 3.56. The van der Waals surface area contributed by atoms with Gasteiger partial charge in [-0.3, -0.25) is 14.5 Å². The van der Waals surface area contributed by atoms with Crippen LogP contribution in [0.25, 0.3) is 0 Å². The highest BCUT2D eigenvalue weighted by Crippen LogP contribution is 2.35. The molecule has 2 aliphatic rings. The molecule has 8 heteroatoms. The topological polar surface area (TPSA) is 97.0 Å². The normalized spacial score (nSPS) is 19.1. The Bertz CT molecular complexity index is 758. The lowest BCUT2D eigenvalue weighted by molar-refractivity contribution is -0.135. The van der Waals surface area contributed by atoms with Crippen molar-refractivity contribution < 1.29 is 23.9 Å². The van der Waals surface area contributed by atoms with Crippen molar-refractivity contribution in [3.8, 4) is 11.5 Å². The molecule has 0 radical (unpaired) electrons. The molecule has 2 fully saturated rings. The Balaban J connectivity index is 1.67. The Hall–Kier alpha value is -2.77. The van der Waals surface area contributed by atoms with Crippen LogP contribution in [0.1, 0.15) is 44.2 Å². The SMILES string of the molecule is COc1ccc(OC)c([C@@H](C)NC(=O)CN2C(=O)NC3(CCCC3)C2=O)c1. The van der Waals surface area contributed by atoms with E-state index in [2.05, 4.69) is 10.6 Å². The van der Waals surface area contributed by atoms with E-state index < -0.39 is 17.5 Å². The molecule has 1 heterocycles. The maximum Gasteiger partial charge on any atom is 0.325 e. The molecule has 27 heavy (non-hydrogen) atoms. The van der Waals surface area contributed by atoms with Crippen molar-refractivity contribution in [2.45, 2.75) is 44.2 Å². The lowest BCUT2D eigenvalue weighted by atomic mass is 9.98. The van der Waals surface area contributed by atoms with Crippen LogP contribution in [0.3, 0.4) is 0 Å². The van der Waals surface area contributed by atoms with Gasteiger partial charge in [0.25, 0.3) is 5.91 Å². The number of hydrogen-bond acceptors (Lipinski definition) is 5. The Morgan fingerprint density at radius 2 is 1.96 bits per heavy atom. The van der Waals surface area contributed by atoms with Crippen LogP contribution >= 0.6 is 0 Å². The Labute approximate surface area is 158 Å². The van der Waals surface area contributed by atoms with Gasteiger partial charge in [-0.15, -0.1) is 0 Å². The first kappa shape index (κ1) is 19.0. The number of carbonyl (C=O) groups is 3. The molecule has 1 spiro atoms. The molecule has 1 atom stereocenters. The van der Waals surface area contributed by atoms with Gasteiger partial charge in [-0.05, 0) is 38.0 Å². The molecule has 4 amide bonds. The fourth-order valence-corrected chi connectivity index (χ4v) is 3.82. The van der Waals surface area contributed by atoms with Crippen LogP contribution in [-0.2, 0) is 9.59 Å². The smallest absolute Gasteiger partial charge is 0.325 e. The summed E-state index contributed by atoms with van der Waals surface area (Å²) in [5.41, 5.74) is -0.0615. The summed E-state index contributed by atoms with van der Waals surface area (Å²) in [6.07, 6.45) is 3.07. The average molecular weight is 375 g/mol. The highest BCUT2D eigenvalue weighted by molar-refractivity contribution is 6.09. The number of methoxy groups -OCH3 is 2. The maximum atomic E-state index is 12.6. The van der Waals surface area contributed by atoms with E-state index in [0.717, 1.165) is 23.3 Å². The number of hydrogen-bond donors (Lipinski definition) is 2. The molecule has 1 aliphatic heterocycles. The van der Waals surface area contributed by atoms with Crippen LogP contribution in [0.2, 0.25) is 0 Å². The number of rotatable bonds is 6. The molecule has 1 saturated heterocycles. The minimum Gasteiger partial charge on any atom is -0.497 e. The molecule has 8 nitrogen and oxygen atoms in total. The zero-order chi connectivity index (χ0) is 19.6. The number of amides is 4. The van der Waals surface area contributed by atoms with Crippen molar-refractivity contribution in [2.75, 3.05) is 20.8 Å². The molecule has 1 aromatic carbocycles. The van der Waals surface area contributed by atoms with E-state index in [4.69, 9.17) is 9.47 Å². The number of benzene rings is 1. The van der Waals surface area contributed by atoms with Crippen LogP contribution in [0.15, 0.2) is 18.2 Å². The van der Waals surface area contributed by atoms with Crippen molar-refractivity contribution in [3.63, 3.8) is 0 Å². The van der Waals surface area contributed by atoms with Gasteiger partial charge >= 0.3 is 6.03 Å². The lowest BCUT2D eigenvalue weighted by Crippen LogP contribution is -2.45. The molecule has 0 bridgehead atoms. The molecule has 1 aromatic rings. The summed E-state index contributed by atoms with van der Waals surface area (Å²) in [6, 6.07) is 4.43. The van der Waals surface area contributed by atoms with Crippen molar-refractivity contribution in [1.82, 2.24) is 15.5 Å². The standard InChI is InChI=1S/C19H25N3O5/c1-12(14-10-13(26-2)6-7-15(14)27-3)20-16(23)11-22-17(24)19(21-18(22)25)8-4-5-9-19/h6-7,10,12H,4-5,8-9,11H2,1-3H3,(H,20,23)(H,21,25)/t12-/m1/s1. The van der Waals surface area contributed by atoms with Crippen molar-refractivity contribution in [3.05, 3.63) is 23.8 Å². The van der Waals surface area contributed by atoms with E-state index in [1.165, 1.54) is 0 Å². The Morgan fingerprint density at radius 1 is 1.26 bits per heavy atom. The third-order valence-electron chi connectivity index (χ3n) is 5.29. The first-order valence-electron chi connectivity index (χ1n) is 9.05. The second kappa shape index (κ2) is 7.46. The maximum absolute atomic E-state index is 12.6. The number of nitrogens with one attached hydrogen (secondary N) is 2. The van der Waals surface area contributed by atoms with E-state index in [-0.39, 0.29) is 18.5 Å². The minimum atomic E-state index is -0.807. The van der Waals surface area contributed by atoms with Gasteiger partial charge in [0.05, 0.1) is 20.3 Å². The van der Waals surface area contributed by atoms with Crippen LogP contribution in [-0.4, -0.2) is 49.0 Å². The van der Waals surface area contributed by atoms with Gasteiger partial charge in [-0.2, -0.15) is 0 Å². The monoisotopic (exact) mass is 375 g/mol. The lowest BCUT2D eigenvalue weighted by Gasteiger charge is -2.21. The van der Waals surface area contributed by atoms with Gasteiger partial charge in [0.15, 0.2) is 0 Å². The molecule has 1 aliphatic carbocycles. The Morgan fingerprint density at radius 3 is 2.59 bits per heavy atom. The summed E-state index contributed by atoms with van der Waals surface area (Å²) in [6.45, 7) is 1.50. The average Bonchev–Trinajstić information content (AvgIpc) is 3.22. The van der Waals surface area contributed by atoms with Crippen LogP contribution in [0.4, 0.5) is 4.79 Å². The first-order chi connectivity index (χ1) is 12.9. The van der Waals surface area contributed by atoms with Crippen molar-refractivity contribution in [2.24, 2.45) is 0 Å². The molecular weight excluding hydrogens is 350 g/mol. The van der Waals surface area contributed by atoms with Crippen LogP contribution in [0.5, 0.6) is 11.5 Å². The summed E-state index contributed by atoms with van der Waals surface area (Å²) in [5.74, 6) is 0.547. The largest absolute Gasteiger partial charge is 0.497 e. The van der Waals surface area contributed by atoms with Crippen molar-refractivity contribution >= 4 is 17.8 Å². The number of nitrogens with zero attached hydrogens (tertiary/aromatic N) is 1. The summed E-state index contributed by atoms with van der Waals surface area (Å²) in [4.78, 5) is 38.3. The van der Waals surface area contributed by atoms with Gasteiger partial charge in [0, 0.05) is 5.56 Å². The fourth-order valence-electron chi connectivity index (χ4n) is 3.82. The van der Waals surface area contributed by atoms with E-state index in [0.29, 0.717) is 24.3 Å². The van der Waals surface area contributed by atoms with E-state index in [1.54, 1.807) is 39.3 Å². The molecule has 146 valence electrons. The number of carbonyl (C=O) groups excluding carboxylic acids is 3. The Kier molecular flexibility index (Phi) is 5.25. The van der Waals surface area contributed by atoms with Gasteiger partial charge in [0.1, 0.15) is 23.6 Å². The minimum absolute atomic E-state index is 0.299. The van der Waals surface area contributed by atoms with Crippen LogP contribution < -0.4 is 20.1 Å². The molecule has 3 rings (SSSR count). The van der Waals surface area contributed by atoms with Gasteiger partial charge < -0.3 is 20.1 Å². The molecule has 2 N–H and O–H groups in total. The first-order valence-corrected chi connectivity index (χ1v) is 9.05. The quantitative estimate of drug-likeness (QED) is 0.739. The highest BCUT2D eigenvalue weighted by atomic mass is 16.5. The number of imide groups is 1. The zero-order valence-electron chi connectivity index (χ0n) is 15.8. The van der Waals surface area contributed by atoms with Gasteiger partial charge in [-0.25, -0.2) is 4.79 Å². The van der Waals surface area contributed by atoms with Gasteiger partial charge in [-0.1, -0.05) is 12.8 Å². The van der Waals surface area contributed by atoms with Crippen LogP contribution in [0, 0.1) is 0 Å².